The molecule has 90 valence electrons. The average molecular weight is 228 g/mol. The lowest BCUT2D eigenvalue weighted by Gasteiger charge is -2.29. The van der Waals surface area contributed by atoms with E-state index in [1.807, 2.05) is 6.08 Å². The lowest BCUT2D eigenvalue weighted by molar-refractivity contribution is 0.0784. The highest BCUT2D eigenvalue weighted by Crippen LogP contribution is 2.70. The van der Waals surface area contributed by atoms with Gasteiger partial charge in [0.1, 0.15) is 0 Å². The minimum absolute atomic E-state index is 0.185. The van der Waals surface area contributed by atoms with Crippen molar-refractivity contribution in [3.8, 4) is 0 Å². The lowest BCUT2D eigenvalue weighted by Crippen LogP contribution is -2.25. The van der Waals surface area contributed by atoms with Crippen LogP contribution in [0.3, 0.4) is 0 Å². The first-order chi connectivity index (χ1) is 8.22. The molecule has 0 saturated heterocycles. The first-order valence-electron chi connectivity index (χ1n) is 6.64. The predicted molar refractivity (Wildman–Crippen MR) is 69.8 cm³/mol. The van der Waals surface area contributed by atoms with Crippen LogP contribution in [0.25, 0.3) is 0 Å². The van der Waals surface area contributed by atoms with Crippen LogP contribution in [0.15, 0.2) is 36.9 Å². The Morgan fingerprint density at radius 3 is 3.00 bits per heavy atom. The molecular formula is C16H20O. The molecule has 3 rings (SSSR count). The van der Waals surface area contributed by atoms with Crippen LogP contribution in [0, 0.1) is 5.41 Å². The van der Waals surface area contributed by atoms with Crippen molar-refractivity contribution in [3.63, 3.8) is 0 Å². The first kappa shape index (κ1) is 11.0. The summed E-state index contributed by atoms with van der Waals surface area (Å²) in [6, 6.07) is 8.41. The van der Waals surface area contributed by atoms with Crippen LogP contribution < -0.4 is 0 Å². The fourth-order valence-electron chi connectivity index (χ4n) is 3.64. The van der Waals surface area contributed by atoms with Crippen LogP contribution >= 0.6 is 0 Å². The van der Waals surface area contributed by atoms with Gasteiger partial charge in [-0.15, -0.1) is 6.58 Å². The van der Waals surface area contributed by atoms with Crippen LogP contribution in [0.5, 0.6) is 0 Å². The van der Waals surface area contributed by atoms with Crippen molar-refractivity contribution in [3.05, 3.63) is 48.0 Å². The molecule has 17 heavy (non-hydrogen) atoms. The van der Waals surface area contributed by atoms with E-state index in [-0.39, 0.29) is 5.41 Å². The molecule has 1 heteroatoms. The van der Waals surface area contributed by atoms with Gasteiger partial charge >= 0.3 is 0 Å². The maximum absolute atomic E-state index is 10.8. The van der Waals surface area contributed by atoms with Gasteiger partial charge < -0.3 is 5.11 Å². The zero-order valence-corrected chi connectivity index (χ0v) is 10.3. The van der Waals surface area contributed by atoms with Crippen LogP contribution in [0.2, 0.25) is 0 Å². The van der Waals surface area contributed by atoms with Crippen molar-refractivity contribution in [1.82, 2.24) is 0 Å². The van der Waals surface area contributed by atoms with Crippen molar-refractivity contribution in [2.75, 3.05) is 0 Å². The standard InChI is InChI=1S/C16H20O/c1-2-3-6-10-15-11-9-13-7-4-5-8-14(13)16(15,17)12-15/h2,4-5,7-8,17H,1,3,6,9-12H2. The van der Waals surface area contributed by atoms with E-state index >= 15 is 0 Å². The van der Waals surface area contributed by atoms with Gasteiger partial charge in [-0.1, -0.05) is 30.3 Å². The molecule has 2 unspecified atom stereocenters. The molecule has 2 aliphatic rings. The van der Waals surface area contributed by atoms with Gasteiger partial charge in [0.05, 0.1) is 5.60 Å². The molecule has 0 aromatic heterocycles. The maximum atomic E-state index is 10.8. The van der Waals surface area contributed by atoms with E-state index in [0.717, 1.165) is 38.5 Å². The summed E-state index contributed by atoms with van der Waals surface area (Å²) in [7, 11) is 0. The highest BCUT2D eigenvalue weighted by molar-refractivity contribution is 5.43. The molecule has 1 aromatic rings. The second kappa shape index (κ2) is 3.71. The maximum Gasteiger partial charge on any atom is 0.0962 e. The summed E-state index contributed by atoms with van der Waals surface area (Å²) >= 11 is 0. The largest absolute Gasteiger partial charge is 0.385 e. The third-order valence-electron chi connectivity index (χ3n) is 4.75. The number of hydrogen-bond acceptors (Lipinski definition) is 1. The summed E-state index contributed by atoms with van der Waals surface area (Å²) in [6.07, 6.45) is 8.60. The Bertz CT molecular complexity index is 447. The summed E-state index contributed by atoms with van der Waals surface area (Å²) in [4.78, 5) is 0. The summed E-state index contributed by atoms with van der Waals surface area (Å²) in [5, 5.41) is 10.8. The number of aliphatic hydroxyl groups is 1. The van der Waals surface area contributed by atoms with Crippen LogP contribution in [-0.2, 0) is 12.0 Å². The molecule has 1 N–H and O–H groups in total. The van der Waals surface area contributed by atoms with Gasteiger partial charge in [-0.05, 0) is 49.7 Å². The topological polar surface area (TPSA) is 20.2 Å². The summed E-state index contributed by atoms with van der Waals surface area (Å²) < 4.78 is 0. The van der Waals surface area contributed by atoms with E-state index < -0.39 is 5.60 Å². The fraction of sp³-hybridized carbons (Fsp3) is 0.500. The Labute approximate surface area is 103 Å². The molecule has 0 radical (unpaired) electrons. The molecule has 2 atom stereocenters. The molecular weight excluding hydrogens is 208 g/mol. The predicted octanol–water partition coefficient (Wildman–Crippen LogP) is 3.57. The SMILES string of the molecule is C=CCCCC12CCc3ccccc3C1(O)C2. The van der Waals surface area contributed by atoms with E-state index in [1.54, 1.807) is 0 Å². The second-order valence-electron chi connectivity index (χ2n) is 5.66. The highest BCUT2D eigenvalue weighted by atomic mass is 16.3. The van der Waals surface area contributed by atoms with Gasteiger partial charge in [0.2, 0.25) is 0 Å². The van der Waals surface area contributed by atoms with E-state index in [4.69, 9.17) is 0 Å². The van der Waals surface area contributed by atoms with Crippen molar-refractivity contribution in [1.29, 1.82) is 0 Å². The minimum Gasteiger partial charge on any atom is -0.385 e. The van der Waals surface area contributed by atoms with Gasteiger partial charge in [0.25, 0.3) is 0 Å². The molecule has 0 aliphatic heterocycles. The molecule has 2 aliphatic carbocycles. The third kappa shape index (κ3) is 1.49. The Morgan fingerprint density at radius 2 is 2.18 bits per heavy atom. The summed E-state index contributed by atoms with van der Waals surface area (Å²) in [5.41, 5.74) is 2.23. The molecule has 0 spiro atoms. The first-order valence-corrected chi connectivity index (χ1v) is 6.64. The van der Waals surface area contributed by atoms with E-state index in [2.05, 4.69) is 30.8 Å². The van der Waals surface area contributed by atoms with E-state index in [0.29, 0.717) is 0 Å². The van der Waals surface area contributed by atoms with Gasteiger partial charge in [0, 0.05) is 5.41 Å². The Balaban J connectivity index is 1.84. The van der Waals surface area contributed by atoms with Crippen molar-refractivity contribution in [2.24, 2.45) is 5.41 Å². The monoisotopic (exact) mass is 228 g/mol. The number of benzene rings is 1. The minimum atomic E-state index is -0.511. The lowest BCUT2D eigenvalue weighted by atomic mass is 9.79. The quantitative estimate of drug-likeness (QED) is 0.617. The van der Waals surface area contributed by atoms with Crippen molar-refractivity contribution in [2.45, 2.75) is 44.1 Å². The molecule has 0 amide bonds. The third-order valence-corrected chi connectivity index (χ3v) is 4.75. The van der Waals surface area contributed by atoms with Gasteiger partial charge in [-0.2, -0.15) is 0 Å². The van der Waals surface area contributed by atoms with Gasteiger partial charge in [-0.3, -0.25) is 0 Å². The van der Waals surface area contributed by atoms with Crippen LogP contribution in [0.1, 0.15) is 43.2 Å². The summed E-state index contributed by atoms with van der Waals surface area (Å²) in [5.74, 6) is 0. The summed E-state index contributed by atoms with van der Waals surface area (Å²) in [6.45, 7) is 3.77. The van der Waals surface area contributed by atoms with Crippen molar-refractivity contribution >= 4 is 0 Å². The van der Waals surface area contributed by atoms with Gasteiger partial charge in [0.15, 0.2) is 0 Å². The normalized spacial score (nSPS) is 33.7. The van der Waals surface area contributed by atoms with E-state index in [1.165, 1.54) is 11.1 Å². The number of unbranched alkanes of at least 4 members (excludes halogenated alkanes) is 1. The molecule has 1 saturated carbocycles. The average Bonchev–Trinajstić information content (AvgIpc) is 2.97. The molecule has 1 aromatic carbocycles. The Kier molecular flexibility index (Phi) is 2.41. The Morgan fingerprint density at radius 1 is 1.35 bits per heavy atom. The van der Waals surface area contributed by atoms with Crippen LogP contribution in [0.4, 0.5) is 0 Å². The number of hydrogen-bond donors (Lipinski definition) is 1. The number of fused-ring (bicyclic) bond motifs is 3. The number of aryl methyl sites for hydroxylation is 1. The fourth-order valence-corrected chi connectivity index (χ4v) is 3.64. The smallest absolute Gasteiger partial charge is 0.0962 e. The molecule has 1 nitrogen and oxygen atoms in total. The molecule has 0 bridgehead atoms. The molecule has 0 heterocycles. The highest BCUT2D eigenvalue weighted by Gasteiger charge is 2.68. The molecule has 1 fully saturated rings. The zero-order chi connectivity index (χ0) is 11.9. The number of allylic oxidation sites excluding steroid dienone is 1. The number of rotatable bonds is 4. The van der Waals surface area contributed by atoms with Crippen LogP contribution in [-0.4, -0.2) is 5.11 Å². The van der Waals surface area contributed by atoms with Gasteiger partial charge in [-0.25, -0.2) is 0 Å². The zero-order valence-electron chi connectivity index (χ0n) is 10.3. The van der Waals surface area contributed by atoms with E-state index in [9.17, 15) is 5.11 Å². The second-order valence-corrected chi connectivity index (χ2v) is 5.66. The Hall–Kier alpha value is -1.08. The van der Waals surface area contributed by atoms with Crippen molar-refractivity contribution < 1.29 is 5.11 Å².